The molecule has 65 valence electrons. The molecule has 0 saturated carbocycles. The first kappa shape index (κ1) is 17.6. The fourth-order valence-corrected chi connectivity index (χ4v) is 0.544. The molecule has 1 radical (unpaired) electrons. The van der Waals surface area contributed by atoms with Crippen LogP contribution in [0.25, 0.3) is 0 Å². The van der Waals surface area contributed by atoms with E-state index >= 15 is 0 Å². The minimum Gasteiger partial charge on any atom is -0.481 e. The Morgan fingerprint density at radius 3 is 2.50 bits per heavy atom. The number of nitrogens with one attached hydrogen (secondary N) is 1. The molecular weight excluding hydrogens is 175 g/mol. The van der Waals surface area contributed by atoms with Crippen LogP contribution in [-0.2, 0) is 11.2 Å². The first-order chi connectivity index (χ1) is 4.29. The van der Waals surface area contributed by atoms with Crippen molar-refractivity contribution in [2.24, 2.45) is 0 Å². The number of hydrogen-bond acceptors (Lipinski definition) is 2. The van der Waals surface area contributed by atoms with Gasteiger partial charge in [0.25, 0.3) is 0 Å². The van der Waals surface area contributed by atoms with E-state index in [1.54, 1.807) is 0 Å². The minimum absolute atomic E-state index is 0. The SMILES string of the molecule is O.O.O=C(O)Cc1cnc[nH]1.[Na]. The molecule has 1 heterocycles. The first-order valence-corrected chi connectivity index (χ1v) is 2.48. The summed E-state index contributed by atoms with van der Waals surface area (Å²) in [6, 6.07) is 0. The van der Waals surface area contributed by atoms with Gasteiger partial charge < -0.3 is 21.0 Å². The van der Waals surface area contributed by atoms with Crippen molar-refractivity contribution >= 4 is 35.5 Å². The maximum Gasteiger partial charge on any atom is 0.309 e. The molecule has 1 aromatic heterocycles. The van der Waals surface area contributed by atoms with Gasteiger partial charge >= 0.3 is 5.97 Å². The molecule has 0 aliphatic carbocycles. The molecule has 0 saturated heterocycles. The van der Waals surface area contributed by atoms with E-state index in [1.165, 1.54) is 12.5 Å². The van der Waals surface area contributed by atoms with E-state index in [0.717, 1.165) is 0 Å². The zero-order chi connectivity index (χ0) is 6.69. The largest absolute Gasteiger partial charge is 0.481 e. The molecule has 7 heteroatoms. The molecule has 1 aromatic rings. The van der Waals surface area contributed by atoms with Crippen LogP contribution in [0.3, 0.4) is 0 Å². The number of rotatable bonds is 2. The number of imidazole rings is 1. The van der Waals surface area contributed by atoms with Crippen LogP contribution >= 0.6 is 0 Å². The third kappa shape index (κ3) is 6.32. The molecule has 0 unspecified atom stereocenters. The summed E-state index contributed by atoms with van der Waals surface area (Å²) >= 11 is 0. The van der Waals surface area contributed by atoms with Gasteiger partial charge in [-0.3, -0.25) is 4.79 Å². The summed E-state index contributed by atoms with van der Waals surface area (Å²) < 4.78 is 0. The van der Waals surface area contributed by atoms with Crippen LogP contribution in [0.2, 0.25) is 0 Å². The zero-order valence-electron chi connectivity index (χ0n) is 6.66. The Labute approximate surface area is 90.9 Å². The summed E-state index contributed by atoms with van der Waals surface area (Å²) in [6.07, 6.45) is 2.96. The number of carboxylic acids is 1. The minimum atomic E-state index is -0.848. The number of aromatic amines is 1. The van der Waals surface area contributed by atoms with Crippen molar-refractivity contribution in [1.82, 2.24) is 9.97 Å². The number of nitrogens with zero attached hydrogens (tertiary/aromatic N) is 1. The van der Waals surface area contributed by atoms with Crippen molar-refractivity contribution in [2.75, 3.05) is 0 Å². The van der Waals surface area contributed by atoms with Crippen molar-refractivity contribution < 1.29 is 20.9 Å². The van der Waals surface area contributed by atoms with E-state index in [2.05, 4.69) is 9.97 Å². The van der Waals surface area contributed by atoms with E-state index in [4.69, 9.17) is 5.11 Å². The molecule has 12 heavy (non-hydrogen) atoms. The van der Waals surface area contributed by atoms with Crippen molar-refractivity contribution in [1.29, 1.82) is 0 Å². The van der Waals surface area contributed by atoms with Crippen LogP contribution in [0.4, 0.5) is 0 Å². The number of H-pyrrole nitrogens is 1. The second-order valence-electron chi connectivity index (χ2n) is 1.65. The van der Waals surface area contributed by atoms with E-state index < -0.39 is 5.97 Å². The molecule has 0 aliphatic rings. The molecule has 0 amide bonds. The van der Waals surface area contributed by atoms with Crippen LogP contribution in [0.1, 0.15) is 5.69 Å². The summed E-state index contributed by atoms with van der Waals surface area (Å²) in [5.74, 6) is -0.848. The number of aliphatic carboxylic acids is 1. The quantitative estimate of drug-likeness (QED) is 0.517. The standard InChI is InChI=1S/C5H6N2O2.Na.2H2O/c8-5(9)1-4-2-6-3-7-4;;;/h2-3H,1H2,(H,6,7)(H,8,9);;2*1H2. The third-order valence-electron chi connectivity index (χ3n) is 0.897. The summed E-state index contributed by atoms with van der Waals surface area (Å²) in [7, 11) is 0. The van der Waals surface area contributed by atoms with Gasteiger partial charge in [-0.1, -0.05) is 0 Å². The fraction of sp³-hybridized carbons (Fsp3) is 0.200. The molecule has 0 bridgehead atoms. The maximum absolute atomic E-state index is 10.0. The summed E-state index contributed by atoms with van der Waals surface area (Å²) in [4.78, 5) is 16.4. The third-order valence-corrected chi connectivity index (χ3v) is 0.897. The average Bonchev–Trinajstić information content (AvgIpc) is 2.15. The summed E-state index contributed by atoms with van der Waals surface area (Å²) in [5, 5.41) is 8.24. The van der Waals surface area contributed by atoms with Crippen molar-refractivity contribution in [2.45, 2.75) is 6.42 Å². The number of carbonyl (C=O) groups is 1. The molecule has 0 fully saturated rings. The normalized spacial score (nSPS) is 7.00. The molecular formula is C5H10N2NaO4. The number of carboxylic acid groups (broad SMARTS) is 1. The second-order valence-corrected chi connectivity index (χ2v) is 1.65. The van der Waals surface area contributed by atoms with Crippen molar-refractivity contribution in [3.63, 3.8) is 0 Å². The van der Waals surface area contributed by atoms with Gasteiger partial charge in [0.15, 0.2) is 0 Å². The summed E-state index contributed by atoms with van der Waals surface area (Å²) in [5.41, 5.74) is 0.627. The van der Waals surface area contributed by atoms with Gasteiger partial charge in [-0.2, -0.15) is 0 Å². The predicted molar refractivity (Wildman–Crippen MR) is 42.9 cm³/mol. The average molecular weight is 185 g/mol. The Balaban J connectivity index is -0.000000270. The van der Waals surface area contributed by atoms with Crippen LogP contribution in [0.5, 0.6) is 0 Å². The number of hydrogen-bond donors (Lipinski definition) is 2. The Morgan fingerprint density at radius 1 is 1.58 bits per heavy atom. The van der Waals surface area contributed by atoms with E-state index in [0.29, 0.717) is 5.69 Å². The molecule has 0 aromatic carbocycles. The van der Waals surface area contributed by atoms with Crippen LogP contribution < -0.4 is 0 Å². The smallest absolute Gasteiger partial charge is 0.309 e. The zero-order valence-corrected chi connectivity index (χ0v) is 8.66. The molecule has 1 rings (SSSR count). The Kier molecular flexibility index (Phi) is 12.8. The predicted octanol–water partition coefficient (Wildman–Crippen LogP) is -1.99. The van der Waals surface area contributed by atoms with Crippen LogP contribution in [0.15, 0.2) is 12.5 Å². The van der Waals surface area contributed by atoms with Crippen LogP contribution in [-0.4, -0.2) is 61.6 Å². The van der Waals surface area contributed by atoms with E-state index in [-0.39, 0.29) is 46.9 Å². The maximum atomic E-state index is 10.0. The van der Waals surface area contributed by atoms with Gasteiger partial charge in [0.1, 0.15) is 0 Å². The first-order valence-electron chi connectivity index (χ1n) is 2.48. The Hall–Kier alpha value is -0.400. The fourth-order valence-electron chi connectivity index (χ4n) is 0.544. The molecule has 0 aliphatic heterocycles. The van der Waals surface area contributed by atoms with E-state index in [9.17, 15) is 4.79 Å². The summed E-state index contributed by atoms with van der Waals surface area (Å²) in [6.45, 7) is 0. The number of aromatic nitrogens is 2. The van der Waals surface area contributed by atoms with Crippen molar-refractivity contribution in [3.05, 3.63) is 18.2 Å². The second kappa shape index (κ2) is 8.69. The van der Waals surface area contributed by atoms with Gasteiger partial charge in [0.2, 0.25) is 0 Å². The Morgan fingerprint density at radius 2 is 2.17 bits per heavy atom. The van der Waals surface area contributed by atoms with Gasteiger partial charge in [-0.25, -0.2) is 4.98 Å². The van der Waals surface area contributed by atoms with Crippen molar-refractivity contribution in [3.8, 4) is 0 Å². The monoisotopic (exact) mass is 185 g/mol. The molecule has 0 atom stereocenters. The van der Waals surface area contributed by atoms with E-state index in [1.807, 2.05) is 0 Å². The molecule has 6 nitrogen and oxygen atoms in total. The van der Waals surface area contributed by atoms with Gasteiger partial charge in [0.05, 0.1) is 12.7 Å². The Bertz CT molecular complexity index is 201. The van der Waals surface area contributed by atoms with Gasteiger partial charge in [-0.15, -0.1) is 0 Å². The molecule has 6 N–H and O–H groups in total. The topological polar surface area (TPSA) is 129 Å². The van der Waals surface area contributed by atoms with Gasteiger partial charge in [-0.05, 0) is 0 Å². The van der Waals surface area contributed by atoms with Crippen LogP contribution in [0, 0.1) is 0 Å². The molecule has 0 spiro atoms. The van der Waals surface area contributed by atoms with Gasteiger partial charge in [0, 0.05) is 41.4 Å².